The summed E-state index contributed by atoms with van der Waals surface area (Å²) in [5, 5.41) is 3.23. The molecule has 0 atom stereocenters. The van der Waals surface area contributed by atoms with Crippen LogP contribution in [0.5, 0.6) is 5.75 Å². The van der Waals surface area contributed by atoms with Crippen LogP contribution < -0.4 is 10.1 Å². The van der Waals surface area contributed by atoms with E-state index in [-0.39, 0.29) is 5.75 Å². The molecular weight excluding hydrogens is 231 g/mol. The average molecular weight is 247 g/mol. The van der Waals surface area contributed by atoms with Crippen molar-refractivity contribution in [3.8, 4) is 5.75 Å². The van der Waals surface area contributed by atoms with Crippen LogP contribution in [0.25, 0.3) is 0 Å². The van der Waals surface area contributed by atoms with Crippen molar-refractivity contribution in [2.45, 2.75) is 26.1 Å². The second-order valence-electron chi connectivity index (χ2n) is 3.69. The first kappa shape index (κ1) is 13.8. The third-order valence-corrected chi connectivity index (χ3v) is 2.17. The molecule has 1 aromatic rings. The maximum absolute atomic E-state index is 11.9. The Morgan fingerprint density at radius 3 is 2.29 bits per heavy atom. The van der Waals surface area contributed by atoms with E-state index < -0.39 is 6.36 Å². The molecule has 0 radical (unpaired) electrons. The summed E-state index contributed by atoms with van der Waals surface area (Å²) < 4.78 is 39.5. The largest absolute Gasteiger partial charge is 0.573 e. The highest BCUT2D eigenvalue weighted by molar-refractivity contribution is 5.27. The van der Waals surface area contributed by atoms with Gasteiger partial charge >= 0.3 is 6.36 Å². The molecule has 0 aromatic heterocycles. The van der Waals surface area contributed by atoms with E-state index in [1.165, 1.54) is 12.1 Å². The average Bonchev–Trinajstić information content (AvgIpc) is 2.25. The molecule has 1 rings (SSSR count). The smallest absolute Gasteiger partial charge is 0.406 e. The first-order valence-electron chi connectivity index (χ1n) is 5.56. The Hall–Kier alpha value is -1.23. The molecule has 0 aliphatic rings. The predicted molar refractivity (Wildman–Crippen MR) is 60.0 cm³/mol. The maximum Gasteiger partial charge on any atom is 0.573 e. The van der Waals surface area contributed by atoms with Gasteiger partial charge in [-0.2, -0.15) is 0 Å². The van der Waals surface area contributed by atoms with E-state index in [1.807, 2.05) is 0 Å². The molecule has 0 amide bonds. The van der Waals surface area contributed by atoms with E-state index in [9.17, 15) is 13.2 Å². The van der Waals surface area contributed by atoms with Crippen molar-refractivity contribution in [2.75, 3.05) is 13.1 Å². The minimum Gasteiger partial charge on any atom is -0.406 e. The molecule has 0 spiro atoms. The minimum absolute atomic E-state index is 0.178. The van der Waals surface area contributed by atoms with E-state index in [0.717, 1.165) is 31.5 Å². The number of benzene rings is 1. The zero-order valence-electron chi connectivity index (χ0n) is 9.68. The van der Waals surface area contributed by atoms with E-state index >= 15 is 0 Å². The molecule has 1 N–H and O–H groups in total. The Morgan fingerprint density at radius 2 is 1.76 bits per heavy atom. The Bertz CT molecular complexity index is 322. The first-order valence-corrected chi connectivity index (χ1v) is 5.56. The molecule has 5 heteroatoms. The van der Waals surface area contributed by atoms with Crippen LogP contribution in [0.1, 0.15) is 18.9 Å². The fraction of sp³-hybridized carbons (Fsp3) is 0.500. The van der Waals surface area contributed by atoms with Crippen LogP contribution in [0.15, 0.2) is 24.3 Å². The van der Waals surface area contributed by atoms with Crippen molar-refractivity contribution in [1.82, 2.24) is 5.32 Å². The molecular formula is C12H16F3NO. The summed E-state index contributed by atoms with van der Waals surface area (Å²) in [7, 11) is 0. The molecule has 0 aliphatic heterocycles. The van der Waals surface area contributed by atoms with Crippen LogP contribution in [-0.2, 0) is 6.42 Å². The number of rotatable bonds is 6. The molecule has 0 fully saturated rings. The van der Waals surface area contributed by atoms with Crippen molar-refractivity contribution in [2.24, 2.45) is 0 Å². The number of hydrogen-bond donors (Lipinski definition) is 1. The van der Waals surface area contributed by atoms with Crippen LogP contribution in [0, 0.1) is 0 Å². The molecule has 0 saturated carbocycles. The minimum atomic E-state index is -4.62. The third kappa shape index (κ3) is 6.16. The quantitative estimate of drug-likeness (QED) is 0.780. The van der Waals surface area contributed by atoms with Gasteiger partial charge in [0.05, 0.1) is 0 Å². The molecule has 0 aliphatic carbocycles. The SMILES string of the molecule is CCCNCCc1ccc(OC(F)(F)F)cc1. The highest BCUT2D eigenvalue weighted by Gasteiger charge is 2.30. The molecule has 0 heterocycles. The van der Waals surface area contributed by atoms with Crippen LogP contribution in [0.4, 0.5) is 13.2 Å². The fourth-order valence-corrected chi connectivity index (χ4v) is 1.39. The normalized spacial score (nSPS) is 11.5. The summed E-state index contributed by atoms with van der Waals surface area (Å²) in [5.74, 6) is -0.178. The Labute approximate surface area is 98.8 Å². The summed E-state index contributed by atoms with van der Waals surface area (Å²) in [6.45, 7) is 3.86. The summed E-state index contributed by atoms with van der Waals surface area (Å²) in [4.78, 5) is 0. The standard InChI is InChI=1S/C12H16F3NO/c1-2-8-16-9-7-10-3-5-11(6-4-10)17-12(13,14)15/h3-6,16H,2,7-9H2,1H3. The Morgan fingerprint density at radius 1 is 1.12 bits per heavy atom. The number of alkyl halides is 3. The predicted octanol–water partition coefficient (Wildman–Crippen LogP) is 3.13. The van der Waals surface area contributed by atoms with Gasteiger partial charge in [0.25, 0.3) is 0 Å². The number of halogens is 3. The van der Waals surface area contributed by atoms with Crippen LogP contribution >= 0.6 is 0 Å². The second-order valence-corrected chi connectivity index (χ2v) is 3.69. The zero-order chi connectivity index (χ0) is 12.7. The monoisotopic (exact) mass is 247 g/mol. The molecule has 0 saturated heterocycles. The van der Waals surface area contributed by atoms with Gasteiger partial charge in [0.15, 0.2) is 0 Å². The lowest BCUT2D eigenvalue weighted by Gasteiger charge is -2.09. The second kappa shape index (κ2) is 6.49. The lowest BCUT2D eigenvalue weighted by molar-refractivity contribution is -0.274. The molecule has 0 bridgehead atoms. The van der Waals surface area contributed by atoms with E-state index in [4.69, 9.17) is 0 Å². The summed E-state index contributed by atoms with van der Waals surface area (Å²) >= 11 is 0. The van der Waals surface area contributed by atoms with Crippen LogP contribution in [0.3, 0.4) is 0 Å². The maximum atomic E-state index is 11.9. The lowest BCUT2D eigenvalue weighted by atomic mass is 10.1. The zero-order valence-corrected chi connectivity index (χ0v) is 9.68. The first-order chi connectivity index (χ1) is 8.01. The molecule has 17 heavy (non-hydrogen) atoms. The third-order valence-electron chi connectivity index (χ3n) is 2.17. The fourth-order valence-electron chi connectivity index (χ4n) is 1.39. The topological polar surface area (TPSA) is 21.3 Å². The number of nitrogens with one attached hydrogen (secondary N) is 1. The van der Waals surface area contributed by atoms with Crippen molar-refractivity contribution in [3.63, 3.8) is 0 Å². The Kier molecular flexibility index (Phi) is 5.28. The van der Waals surface area contributed by atoms with Gasteiger partial charge in [0.2, 0.25) is 0 Å². The summed E-state index contributed by atoms with van der Waals surface area (Å²) in [6, 6.07) is 5.97. The highest BCUT2D eigenvalue weighted by atomic mass is 19.4. The molecule has 1 aromatic carbocycles. The van der Waals surface area contributed by atoms with Crippen molar-refractivity contribution >= 4 is 0 Å². The van der Waals surface area contributed by atoms with Gasteiger partial charge in [0.1, 0.15) is 5.75 Å². The highest BCUT2D eigenvalue weighted by Crippen LogP contribution is 2.22. The molecule has 0 unspecified atom stereocenters. The van der Waals surface area contributed by atoms with Crippen LogP contribution in [-0.4, -0.2) is 19.5 Å². The van der Waals surface area contributed by atoms with Gasteiger partial charge in [-0.3, -0.25) is 0 Å². The van der Waals surface area contributed by atoms with E-state index in [2.05, 4.69) is 17.0 Å². The summed E-state index contributed by atoms with van der Waals surface area (Å²) in [6.07, 6.45) is -2.76. The van der Waals surface area contributed by atoms with E-state index in [0.29, 0.717) is 0 Å². The van der Waals surface area contributed by atoms with Gasteiger partial charge in [-0.05, 0) is 43.6 Å². The lowest BCUT2D eigenvalue weighted by Crippen LogP contribution is -2.18. The van der Waals surface area contributed by atoms with E-state index in [1.54, 1.807) is 12.1 Å². The molecule has 2 nitrogen and oxygen atoms in total. The number of hydrogen-bond acceptors (Lipinski definition) is 2. The summed E-state index contributed by atoms with van der Waals surface area (Å²) in [5.41, 5.74) is 0.989. The van der Waals surface area contributed by atoms with Gasteiger partial charge in [-0.1, -0.05) is 19.1 Å². The Balaban J connectivity index is 2.39. The van der Waals surface area contributed by atoms with Crippen molar-refractivity contribution < 1.29 is 17.9 Å². The van der Waals surface area contributed by atoms with Crippen LogP contribution in [0.2, 0.25) is 0 Å². The van der Waals surface area contributed by atoms with Gasteiger partial charge < -0.3 is 10.1 Å². The van der Waals surface area contributed by atoms with Gasteiger partial charge in [-0.25, -0.2) is 0 Å². The molecule has 96 valence electrons. The van der Waals surface area contributed by atoms with Crippen molar-refractivity contribution in [1.29, 1.82) is 0 Å². The number of ether oxygens (including phenoxy) is 1. The van der Waals surface area contributed by atoms with Crippen molar-refractivity contribution in [3.05, 3.63) is 29.8 Å². The van der Waals surface area contributed by atoms with Gasteiger partial charge in [0, 0.05) is 0 Å². The van der Waals surface area contributed by atoms with Gasteiger partial charge in [-0.15, -0.1) is 13.2 Å².